The zero-order valence-electron chi connectivity index (χ0n) is 15.6. The number of hydrogen-bond donors (Lipinski definition) is 1. The van der Waals surface area contributed by atoms with Gasteiger partial charge in [-0.15, -0.1) is 0 Å². The third-order valence-electron chi connectivity index (χ3n) is 4.81. The number of carbonyl (C=O) groups excluding carboxylic acids is 2. The first kappa shape index (κ1) is 20.1. The number of primary amides is 1. The first-order chi connectivity index (χ1) is 14.4. The maximum absolute atomic E-state index is 12.7. The molecule has 7 nitrogen and oxygen atoms in total. The molecule has 0 saturated carbocycles. The third-order valence-corrected chi connectivity index (χ3v) is 5.31. The van der Waals surface area contributed by atoms with E-state index < -0.39 is 5.91 Å². The van der Waals surface area contributed by atoms with Gasteiger partial charge in [0.15, 0.2) is 5.15 Å². The molecule has 30 heavy (non-hydrogen) atoms. The predicted molar refractivity (Wildman–Crippen MR) is 113 cm³/mol. The van der Waals surface area contributed by atoms with Crippen LogP contribution < -0.4 is 15.4 Å². The molecule has 1 aliphatic heterocycles. The first-order valence-electron chi connectivity index (χ1n) is 9.06. The number of ether oxygens (including phenoxy) is 1. The van der Waals surface area contributed by atoms with Gasteiger partial charge in [0.05, 0.1) is 0 Å². The summed E-state index contributed by atoms with van der Waals surface area (Å²) in [5.74, 6) is -0.166. The van der Waals surface area contributed by atoms with Crippen LogP contribution in [0.2, 0.25) is 10.2 Å². The highest BCUT2D eigenvalue weighted by molar-refractivity contribution is 6.31. The van der Waals surface area contributed by atoms with Gasteiger partial charge in [0.1, 0.15) is 5.75 Å². The molecular formula is C21H16Cl2N4O3. The zero-order valence-corrected chi connectivity index (χ0v) is 17.1. The Balaban J connectivity index is 1.64. The normalized spacial score (nSPS) is 16.0. The summed E-state index contributed by atoms with van der Waals surface area (Å²) in [4.78, 5) is 33.9. The molecule has 4 rings (SSSR count). The minimum atomic E-state index is -0.547. The van der Waals surface area contributed by atoms with Crippen LogP contribution in [0.4, 0.5) is 5.69 Å². The van der Waals surface area contributed by atoms with Crippen LogP contribution in [0.15, 0.2) is 54.9 Å². The van der Waals surface area contributed by atoms with Crippen molar-refractivity contribution >= 4 is 40.7 Å². The molecule has 1 fully saturated rings. The molecule has 2 heterocycles. The van der Waals surface area contributed by atoms with Crippen LogP contribution in [-0.2, 0) is 4.79 Å². The predicted octanol–water partition coefficient (Wildman–Crippen LogP) is 4.20. The summed E-state index contributed by atoms with van der Waals surface area (Å²) in [6, 6.07) is 11.9. The number of aromatic nitrogens is 2. The van der Waals surface area contributed by atoms with Crippen LogP contribution in [0.1, 0.15) is 28.3 Å². The van der Waals surface area contributed by atoms with Gasteiger partial charge in [-0.1, -0.05) is 35.3 Å². The Morgan fingerprint density at radius 3 is 2.70 bits per heavy atom. The molecule has 2 aromatic carbocycles. The molecule has 1 unspecified atom stereocenters. The molecule has 0 spiro atoms. The van der Waals surface area contributed by atoms with Crippen LogP contribution in [-0.4, -0.2) is 28.3 Å². The molecule has 2 amide bonds. The van der Waals surface area contributed by atoms with Crippen molar-refractivity contribution in [3.63, 3.8) is 0 Å². The first-order valence-corrected chi connectivity index (χ1v) is 9.82. The quantitative estimate of drug-likeness (QED) is 0.638. The van der Waals surface area contributed by atoms with Crippen molar-refractivity contribution in [3.8, 4) is 11.6 Å². The maximum Gasteiger partial charge on any atom is 0.257 e. The second-order valence-corrected chi connectivity index (χ2v) is 7.55. The average molecular weight is 443 g/mol. The number of rotatable bonds is 5. The van der Waals surface area contributed by atoms with Gasteiger partial charge in [-0.2, -0.15) is 0 Å². The van der Waals surface area contributed by atoms with Crippen molar-refractivity contribution in [3.05, 3.63) is 76.2 Å². The molecule has 1 aromatic heterocycles. The van der Waals surface area contributed by atoms with E-state index in [1.165, 1.54) is 12.4 Å². The van der Waals surface area contributed by atoms with Crippen molar-refractivity contribution in [1.82, 2.24) is 9.97 Å². The second-order valence-electron chi connectivity index (χ2n) is 6.76. The standard InChI is InChI=1S/C21H16Cl2N4O3/c22-14-4-5-16(17(10-14)30-21-19(23)25-6-7-26-21)13-9-18(28)27(11-13)15-3-1-2-12(8-15)20(24)29/h1-8,10,13H,9,11H2,(H2,24,29). The lowest BCUT2D eigenvalue weighted by Crippen LogP contribution is -2.24. The molecule has 1 atom stereocenters. The van der Waals surface area contributed by atoms with Gasteiger partial charge in [0.25, 0.3) is 5.88 Å². The van der Waals surface area contributed by atoms with Crippen LogP contribution in [0.3, 0.4) is 0 Å². The van der Waals surface area contributed by atoms with E-state index in [-0.39, 0.29) is 29.3 Å². The molecule has 3 aromatic rings. The van der Waals surface area contributed by atoms with Crippen molar-refractivity contribution in [1.29, 1.82) is 0 Å². The number of amides is 2. The van der Waals surface area contributed by atoms with Crippen LogP contribution in [0.25, 0.3) is 0 Å². The molecule has 1 saturated heterocycles. The molecule has 1 aliphatic rings. The van der Waals surface area contributed by atoms with Gasteiger partial charge in [-0.3, -0.25) is 9.59 Å². The molecule has 152 valence electrons. The van der Waals surface area contributed by atoms with E-state index in [2.05, 4.69) is 9.97 Å². The molecular weight excluding hydrogens is 427 g/mol. The Bertz CT molecular complexity index is 1140. The van der Waals surface area contributed by atoms with Gasteiger partial charge in [-0.05, 0) is 30.3 Å². The van der Waals surface area contributed by atoms with E-state index in [9.17, 15) is 9.59 Å². The lowest BCUT2D eigenvalue weighted by Gasteiger charge is -2.19. The number of anilines is 1. The topological polar surface area (TPSA) is 98.4 Å². The SMILES string of the molecule is NC(=O)c1cccc(N2CC(c3ccc(Cl)cc3Oc3nccnc3Cl)CC2=O)c1. The fraction of sp³-hybridized carbons (Fsp3) is 0.143. The van der Waals surface area contributed by atoms with Gasteiger partial charge >= 0.3 is 0 Å². The highest BCUT2D eigenvalue weighted by Gasteiger charge is 2.33. The Labute approximate surface area is 182 Å². The maximum atomic E-state index is 12.7. The summed E-state index contributed by atoms with van der Waals surface area (Å²) < 4.78 is 5.88. The minimum Gasteiger partial charge on any atom is -0.436 e. The molecule has 0 bridgehead atoms. The van der Waals surface area contributed by atoms with Gasteiger partial charge in [0.2, 0.25) is 11.8 Å². The Morgan fingerprint density at radius 1 is 1.13 bits per heavy atom. The van der Waals surface area contributed by atoms with E-state index in [1.807, 2.05) is 6.07 Å². The number of benzene rings is 2. The highest BCUT2D eigenvalue weighted by Crippen LogP contribution is 2.39. The minimum absolute atomic E-state index is 0.0694. The monoisotopic (exact) mass is 442 g/mol. The van der Waals surface area contributed by atoms with E-state index in [0.29, 0.717) is 28.6 Å². The smallest absolute Gasteiger partial charge is 0.257 e. The Hall–Kier alpha value is -3.16. The van der Waals surface area contributed by atoms with E-state index in [4.69, 9.17) is 33.7 Å². The van der Waals surface area contributed by atoms with E-state index in [1.54, 1.807) is 41.3 Å². The summed E-state index contributed by atoms with van der Waals surface area (Å²) in [6.45, 7) is 0.410. The molecule has 9 heteroatoms. The zero-order chi connectivity index (χ0) is 21.3. The van der Waals surface area contributed by atoms with Crippen LogP contribution in [0, 0.1) is 0 Å². The number of hydrogen-bond acceptors (Lipinski definition) is 5. The van der Waals surface area contributed by atoms with Crippen molar-refractivity contribution < 1.29 is 14.3 Å². The van der Waals surface area contributed by atoms with E-state index in [0.717, 1.165) is 5.56 Å². The summed E-state index contributed by atoms with van der Waals surface area (Å²) in [7, 11) is 0. The number of carbonyl (C=O) groups is 2. The number of nitrogens with zero attached hydrogens (tertiary/aromatic N) is 3. The Morgan fingerprint density at radius 2 is 1.93 bits per heavy atom. The lowest BCUT2D eigenvalue weighted by molar-refractivity contribution is -0.117. The largest absolute Gasteiger partial charge is 0.436 e. The summed E-state index contributed by atoms with van der Waals surface area (Å²) in [5.41, 5.74) is 7.12. The third kappa shape index (κ3) is 4.08. The number of halogens is 2. The van der Waals surface area contributed by atoms with Crippen LogP contribution >= 0.6 is 23.2 Å². The fourth-order valence-corrected chi connectivity index (χ4v) is 3.71. The second kappa shape index (κ2) is 8.30. The molecule has 0 aliphatic carbocycles. The Kier molecular flexibility index (Phi) is 5.57. The number of nitrogens with two attached hydrogens (primary N) is 1. The summed E-state index contributed by atoms with van der Waals surface area (Å²) in [5, 5.41) is 0.597. The van der Waals surface area contributed by atoms with Gasteiger partial charge in [-0.25, -0.2) is 9.97 Å². The molecule has 0 radical (unpaired) electrons. The average Bonchev–Trinajstić information content (AvgIpc) is 3.11. The van der Waals surface area contributed by atoms with E-state index >= 15 is 0 Å². The molecule has 2 N–H and O–H groups in total. The summed E-state index contributed by atoms with van der Waals surface area (Å²) >= 11 is 12.2. The highest BCUT2D eigenvalue weighted by atomic mass is 35.5. The van der Waals surface area contributed by atoms with Gasteiger partial charge in [0, 0.05) is 53.1 Å². The van der Waals surface area contributed by atoms with Gasteiger partial charge < -0.3 is 15.4 Å². The van der Waals surface area contributed by atoms with Crippen molar-refractivity contribution in [2.45, 2.75) is 12.3 Å². The summed E-state index contributed by atoms with van der Waals surface area (Å²) in [6.07, 6.45) is 3.20. The fourth-order valence-electron chi connectivity index (χ4n) is 3.41. The lowest BCUT2D eigenvalue weighted by atomic mass is 9.97. The van der Waals surface area contributed by atoms with Crippen LogP contribution in [0.5, 0.6) is 11.6 Å². The van der Waals surface area contributed by atoms with Crippen molar-refractivity contribution in [2.24, 2.45) is 5.73 Å². The van der Waals surface area contributed by atoms with Crippen molar-refractivity contribution in [2.75, 3.05) is 11.4 Å².